The molecule has 0 saturated carbocycles. The number of halogens is 1. The Kier molecular flexibility index (Phi) is 5.25. The van der Waals surface area contributed by atoms with Crippen molar-refractivity contribution in [3.63, 3.8) is 0 Å². The average molecular weight is 351 g/mol. The minimum absolute atomic E-state index is 0.207. The average Bonchev–Trinajstić information content (AvgIpc) is 2.66. The quantitative estimate of drug-likeness (QED) is 0.638. The molecule has 0 aliphatic rings. The van der Waals surface area contributed by atoms with Crippen LogP contribution in [0.5, 0.6) is 11.6 Å². The van der Waals surface area contributed by atoms with Crippen molar-refractivity contribution in [3.05, 3.63) is 82.7 Å². The molecule has 0 unspecified atom stereocenters. The number of nitrogens with zero attached hydrogens (tertiary/aromatic N) is 3. The van der Waals surface area contributed by atoms with E-state index < -0.39 is 0 Å². The van der Waals surface area contributed by atoms with Crippen molar-refractivity contribution in [1.29, 1.82) is 5.26 Å². The van der Waals surface area contributed by atoms with Gasteiger partial charge in [-0.1, -0.05) is 6.07 Å². The fraction of sp³-hybridized carbons (Fsp3) is 0.105. The highest BCUT2D eigenvalue weighted by atomic mass is 19.1. The van der Waals surface area contributed by atoms with E-state index in [0.29, 0.717) is 17.3 Å². The number of rotatable bonds is 6. The van der Waals surface area contributed by atoms with Gasteiger partial charge in [0.1, 0.15) is 36.5 Å². The third-order valence-electron chi connectivity index (χ3n) is 3.44. The van der Waals surface area contributed by atoms with Crippen LogP contribution >= 0.6 is 0 Å². The molecule has 0 saturated heterocycles. The van der Waals surface area contributed by atoms with Gasteiger partial charge in [-0.2, -0.15) is 5.26 Å². The van der Waals surface area contributed by atoms with E-state index >= 15 is 0 Å². The number of hydrogen-bond donors (Lipinski definition) is 0. The molecule has 2 heterocycles. The normalized spacial score (nSPS) is 10.2. The van der Waals surface area contributed by atoms with Gasteiger partial charge in [0.05, 0.1) is 0 Å². The number of nitriles is 1. The van der Waals surface area contributed by atoms with Crippen LogP contribution in [0.3, 0.4) is 0 Å². The zero-order valence-electron chi connectivity index (χ0n) is 13.6. The first-order valence-corrected chi connectivity index (χ1v) is 7.77. The molecular weight excluding hydrogens is 337 g/mol. The van der Waals surface area contributed by atoms with Gasteiger partial charge in [-0.15, -0.1) is 0 Å². The van der Waals surface area contributed by atoms with E-state index in [1.54, 1.807) is 30.5 Å². The Balaban J connectivity index is 1.57. The zero-order chi connectivity index (χ0) is 18.4. The van der Waals surface area contributed by atoms with Gasteiger partial charge < -0.3 is 9.47 Å². The molecule has 3 rings (SSSR count). The highest BCUT2D eigenvalue weighted by molar-refractivity contribution is 5.34. The van der Waals surface area contributed by atoms with Crippen LogP contribution in [0.15, 0.2) is 65.6 Å². The standard InChI is InChI=1S/C19H14FN3O3/c20-14-4-6-16(7-5-14)23-9-8-17(12-19(23)24)25-10-11-26-18-3-1-2-15(13-21)22-18/h1-9,12H,10-11H2. The molecule has 0 spiro atoms. The predicted octanol–water partition coefficient (Wildman–Crippen LogP) is 2.70. The maximum absolute atomic E-state index is 13.0. The molecule has 0 radical (unpaired) electrons. The summed E-state index contributed by atoms with van der Waals surface area (Å²) in [7, 11) is 0. The molecule has 2 aromatic heterocycles. The highest BCUT2D eigenvalue weighted by Gasteiger charge is 2.03. The Morgan fingerprint density at radius 1 is 1.08 bits per heavy atom. The van der Waals surface area contributed by atoms with Crippen molar-refractivity contribution in [2.24, 2.45) is 0 Å². The maximum atomic E-state index is 13.0. The zero-order valence-corrected chi connectivity index (χ0v) is 13.6. The lowest BCUT2D eigenvalue weighted by molar-refractivity contribution is 0.211. The molecule has 0 atom stereocenters. The summed E-state index contributed by atoms with van der Waals surface area (Å²) >= 11 is 0. The fourth-order valence-electron chi connectivity index (χ4n) is 2.23. The second-order valence-corrected chi connectivity index (χ2v) is 5.22. The lowest BCUT2D eigenvalue weighted by Gasteiger charge is -2.09. The largest absolute Gasteiger partial charge is 0.490 e. The third kappa shape index (κ3) is 4.24. The second kappa shape index (κ2) is 7.94. The molecule has 1 aromatic carbocycles. The van der Waals surface area contributed by atoms with E-state index in [-0.39, 0.29) is 30.3 Å². The Hall–Kier alpha value is -3.66. The molecule has 6 nitrogen and oxygen atoms in total. The summed E-state index contributed by atoms with van der Waals surface area (Å²) in [5.74, 6) is 0.367. The van der Waals surface area contributed by atoms with Gasteiger partial charge in [0, 0.05) is 24.0 Å². The molecule has 0 aliphatic carbocycles. The van der Waals surface area contributed by atoms with E-state index in [0.717, 1.165) is 0 Å². The minimum Gasteiger partial charge on any atom is -0.490 e. The Labute approximate surface area is 148 Å². The summed E-state index contributed by atoms with van der Waals surface area (Å²) in [4.78, 5) is 16.1. The fourth-order valence-corrected chi connectivity index (χ4v) is 2.23. The van der Waals surface area contributed by atoms with Crippen molar-refractivity contribution < 1.29 is 13.9 Å². The molecule has 0 fully saturated rings. The summed E-state index contributed by atoms with van der Waals surface area (Å²) in [5, 5.41) is 8.78. The van der Waals surface area contributed by atoms with Gasteiger partial charge in [0.15, 0.2) is 0 Å². The summed E-state index contributed by atoms with van der Waals surface area (Å²) in [6.07, 6.45) is 1.56. The van der Waals surface area contributed by atoms with Crippen molar-refractivity contribution >= 4 is 0 Å². The molecule has 0 amide bonds. The lowest BCUT2D eigenvalue weighted by atomic mass is 10.3. The predicted molar refractivity (Wildman–Crippen MR) is 91.9 cm³/mol. The van der Waals surface area contributed by atoms with Crippen molar-refractivity contribution in [2.75, 3.05) is 13.2 Å². The van der Waals surface area contributed by atoms with Crippen LogP contribution in [0, 0.1) is 17.1 Å². The Morgan fingerprint density at radius 3 is 2.58 bits per heavy atom. The van der Waals surface area contributed by atoms with Gasteiger partial charge in [0.2, 0.25) is 5.88 Å². The SMILES string of the molecule is N#Cc1cccc(OCCOc2ccn(-c3ccc(F)cc3)c(=O)c2)n1. The molecular formula is C19H14FN3O3. The summed E-state index contributed by atoms with van der Waals surface area (Å²) in [5.41, 5.74) is 0.543. The van der Waals surface area contributed by atoms with E-state index in [4.69, 9.17) is 14.7 Å². The van der Waals surface area contributed by atoms with Crippen molar-refractivity contribution in [2.45, 2.75) is 0 Å². The number of aromatic nitrogens is 2. The number of benzene rings is 1. The monoisotopic (exact) mass is 351 g/mol. The van der Waals surface area contributed by atoms with Crippen LogP contribution < -0.4 is 15.0 Å². The first-order valence-electron chi connectivity index (χ1n) is 7.77. The van der Waals surface area contributed by atoms with E-state index in [1.807, 2.05) is 6.07 Å². The van der Waals surface area contributed by atoms with Crippen LogP contribution in [-0.2, 0) is 0 Å². The van der Waals surface area contributed by atoms with Crippen LogP contribution in [0.2, 0.25) is 0 Å². The van der Waals surface area contributed by atoms with Gasteiger partial charge in [-0.3, -0.25) is 9.36 Å². The van der Waals surface area contributed by atoms with Gasteiger partial charge in [0.25, 0.3) is 5.56 Å². The molecule has 3 aromatic rings. The first-order chi connectivity index (χ1) is 12.7. The van der Waals surface area contributed by atoms with E-state index in [1.165, 1.54) is 34.9 Å². The van der Waals surface area contributed by atoms with Crippen LogP contribution in [0.25, 0.3) is 5.69 Å². The third-order valence-corrected chi connectivity index (χ3v) is 3.44. The van der Waals surface area contributed by atoms with E-state index in [2.05, 4.69) is 4.98 Å². The second-order valence-electron chi connectivity index (χ2n) is 5.22. The number of hydrogen-bond acceptors (Lipinski definition) is 5. The van der Waals surface area contributed by atoms with Crippen molar-refractivity contribution in [3.8, 4) is 23.4 Å². The van der Waals surface area contributed by atoms with Gasteiger partial charge in [-0.25, -0.2) is 9.37 Å². The molecule has 0 N–H and O–H groups in total. The van der Waals surface area contributed by atoms with Crippen LogP contribution in [0.4, 0.5) is 4.39 Å². The molecule has 26 heavy (non-hydrogen) atoms. The van der Waals surface area contributed by atoms with Crippen molar-refractivity contribution in [1.82, 2.24) is 9.55 Å². The van der Waals surface area contributed by atoms with Gasteiger partial charge in [-0.05, 0) is 36.4 Å². The minimum atomic E-state index is -0.364. The van der Waals surface area contributed by atoms with E-state index in [9.17, 15) is 9.18 Å². The molecule has 130 valence electrons. The molecule has 0 aliphatic heterocycles. The molecule has 0 bridgehead atoms. The Morgan fingerprint density at radius 2 is 1.85 bits per heavy atom. The van der Waals surface area contributed by atoms with Gasteiger partial charge >= 0.3 is 0 Å². The maximum Gasteiger partial charge on any atom is 0.258 e. The smallest absolute Gasteiger partial charge is 0.258 e. The number of pyridine rings is 2. The summed E-state index contributed by atoms with van der Waals surface area (Å²) in [6.45, 7) is 0.418. The molecule has 7 heteroatoms. The van der Waals surface area contributed by atoms with Crippen LogP contribution in [0.1, 0.15) is 5.69 Å². The summed E-state index contributed by atoms with van der Waals surface area (Å²) < 4.78 is 25.2. The van der Waals surface area contributed by atoms with Crippen LogP contribution in [-0.4, -0.2) is 22.8 Å². The topological polar surface area (TPSA) is 77.1 Å². The highest BCUT2D eigenvalue weighted by Crippen LogP contribution is 2.11. The first kappa shape index (κ1) is 17.2. The Bertz CT molecular complexity index is 994. The summed E-state index contributed by atoms with van der Waals surface area (Å²) in [6, 6.07) is 15.4. The lowest BCUT2D eigenvalue weighted by Crippen LogP contribution is -2.17. The number of ether oxygens (including phenoxy) is 2.